The minimum atomic E-state index is -0.937. The average Bonchev–Trinajstić information content (AvgIpc) is 1.81. The molecule has 0 aromatic carbocycles. The maximum Gasteiger partial charge on any atom is 0.307 e. The minimum absolute atomic E-state index is 0. The maximum absolute atomic E-state index is 11.1. The number of carbonyl (C=O) groups is 1. The van der Waals surface area contributed by atoms with Crippen LogP contribution >= 0.6 is 0 Å². The summed E-state index contributed by atoms with van der Waals surface area (Å²) in [6.07, 6.45) is -0.949. The van der Waals surface area contributed by atoms with E-state index in [2.05, 4.69) is 6.92 Å². The number of esters is 1. The van der Waals surface area contributed by atoms with Crippen molar-refractivity contribution in [3.63, 3.8) is 0 Å². The summed E-state index contributed by atoms with van der Waals surface area (Å²) < 4.78 is 5.00. The quantitative estimate of drug-likeness (QED) is 0.572. The van der Waals surface area contributed by atoms with Crippen LogP contribution in [0.2, 0.25) is 0 Å². The van der Waals surface area contributed by atoms with Crippen LogP contribution < -0.4 is 5.73 Å². The number of nitrogens with two attached hydrogens (primary N) is 1. The third kappa shape index (κ3) is 9.06. The second kappa shape index (κ2) is 6.88. The van der Waals surface area contributed by atoms with E-state index in [0.717, 1.165) is 0 Å². The number of carbonyl (C=O) groups excluding carboxylic acids is 1. The third-order valence-electron chi connectivity index (χ3n) is 1.32. The maximum atomic E-state index is 11.1. The number of aliphatic hydroxyl groups is 1. The van der Waals surface area contributed by atoms with E-state index < -0.39 is 23.7 Å². The fourth-order valence-electron chi connectivity index (χ4n) is 0.712. The molecule has 0 amide bonds. The molecule has 5 heteroatoms. The van der Waals surface area contributed by atoms with Crippen molar-refractivity contribution in [2.75, 3.05) is 0 Å². The van der Waals surface area contributed by atoms with Gasteiger partial charge in [0.05, 0.1) is 6.42 Å². The average molecular weight is 277 g/mol. The van der Waals surface area contributed by atoms with Gasteiger partial charge in [-0.3, -0.25) is 4.79 Å². The van der Waals surface area contributed by atoms with Gasteiger partial charge in [-0.05, 0) is 20.8 Å². The molecule has 0 bridgehead atoms. The van der Waals surface area contributed by atoms with Crippen LogP contribution in [0.5, 0.6) is 0 Å². The fraction of sp³-hybridized carbons (Fsp3) is 0.778. The largest absolute Gasteiger partial charge is 0.460 e. The summed E-state index contributed by atoms with van der Waals surface area (Å²) in [4.78, 5) is 11.1. The van der Waals surface area contributed by atoms with Crippen LogP contribution in [0.25, 0.3) is 0 Å². The van der Waals surface area contributed by atoms with Gasteiger partial charge in [0, 0.05) is 38.8 Å². The molecule has 3 N–H and O–H groups in total. The molecule has 0 fully saturated rings. The molecular formula is C9H18NO3Y-. The molecule has 2 unspecified atom stereocenters. The molecular weight excluding hydrogens is 259 g/mol. The van der Waals surface area contributed by atoms with Crippen LogP contribution in [0.1, 0.15) is 27.2 Å². The first-order valence-electron chi connectivity index (χ1n) is 4.21. The first-order chi connectivity index (χ1) is 5.72. The summed E-state index contributed by atoms with van der Waals surface area (Å²) in [6, 6.07) is -0.658. The number of aliphatic hydroxyl groups excluding tert-OH is 1. The van der Waals surface area contributed by atoms with E-state index in [4.69, 9.17) is 15.6 Å². The van der Waals surface area contributed by atoms with Crippen molar-refractivity contribution in [3.05, 3.63) is 6.92 Å². The summed E-state index contributed by atoms with van der Waals surface area (Å²) in [6.45, 7) is 8.64. The molecule has 0 saturated heterocycles. The Bertz CT molecular complexity index is 177. The van der Waals surface area contributed by atoms with Crippen molar-refractivity contribution < 1.29 is 47.3 Å². The minimum Gasteiger partial charge on any atom is -0.460 e. The topological polar surface area (TPSA) is 72.5 Å². The molecule has 14 heavy (non-hydrogen) atoms. The molecule has 0 aromatic heterocycles. The van der Waals surface area contributed by atoms with Crippen LogP contribution in [0.3, 0.4) is 0 Å². The van der Waals surface area contributed by atoms with Gasteiger partial charge in [-0.1, -0.05) is 6.10 Å². The molecule has 4 nitrogen and oxygen atoms in total. The van der Waals surface area contributed by atoms with Crippen LogP contribution in [0.15, 0.2) is 0 Å². The van der Waals surface area contributed by atoms with Crippen molar-refractivity contribution in [2.24, 2.45) is 5.73 Å². The van der Waals surface area contributed by atoms with Gasteiger partial charge in [0.15, 0.2) is 0 Å². The van der Waals surface area contributed by atoms with Crippen LogP contribution in [-0.2, 0) is 42.2 Å². The van der Waals surface area contributed by atoms with Crippen molar-refractivity contribution >= 4 is 5.97 Å². The standard InChI is InChI=1S/C9H18NO3.Y/c1-6(11)7(10)5-8(12)13-9(2,3)4;/h6-7,11H,1,5,10H2,2-4H3;/q-1;. The third-order valence-corrected chi connectivity index (χ3v) is 1.32. The Morgan fingerprint density at radius 2 is 2.00 bits per heavy atom. The Labute approximate surface area is 110 Å². The van der Waals surface area contributed by atoms with Crippen LogP contribution in [0, 0.1) is 6.92 Å². The summed E-state index contributed by atoms with van der Waals surface area (Å²) >= 11 is 0. The molecule has 0 aliphatic heterocycles. The molecule has 2 atom stereocenters. The predicted molar refractivity (Wildman–Crippen MR) is 49.8 cm³/mol. The molecule has 0 heterocycles. The van der Waals surface area contributed by atoms with E-state index in [-0.39, 0.29) is 39.1 Å². The Balaban J connectivity index is 0. The van der Waals surface area contributed by atoms with E-state index in [9.17, 15) is 4.79 Å². The molecule has 0 rings (SSSR count). The molecule has 81 valence electrons. The molecule has 0 aliphatic carbocycles. The first kappa shape index (κ1) is 16.9. The van der Waals surface area contributed by atoms with E-state index in [0.29, 0.717) is 0 Å². The van der Waals surface area contributed by atoms with Crippen molar-refractivity contribution in [1.82, 2.24) is 0 Å². The van der Waals surface area contributed by atoms with Crippen molar-refractivity contribution in [3.8, 4) is 0 Å². The number of rotatable bonds is 3. The summed E-state index contributed by atoms with van der Waals surface area (Å²) in [5.74, 6) is -0.414. The van der Waals surface area contributed by atoms with E-state index in [1.54, 1.807) is 20.8 Å². The van der Waals surface area contributed by atoms with E-state index in [1.807, 2.05) is 0 Å². The van der Waals surface area contributed by atoms with Gasteiger partial charge in [-0.15, -0.1) is 0 Å². The number of hydrogen-bond acceptors (Lipinski definition) is 4. The van der Waals surface area contributed by atoms with Gasteiger partial charge in [0.1, 0.15) is 5.60 Å². The Morgan fingerprint density at radius 3 is 2.29 bits per heavy atom. The smallest absolute Gasteiger partial charge is 0.307 e. The second-order valence-corrected chi connectivity index (χ2v) is 4.02. The van der Waals surface area contributed by atoms with Gasteiger partial charge in [0.2, 0.25) is 0 Å². The number of ether oxygens (including phenoxy) is 1. The molecule has 0 aromatic rings. The zero-order valence-corrected chi connectivity index (χ0v) is 11.8. The SMILES string of the molecule is [CH2-]C(O)C(N)CC(=O)OC(C)(C)C.[Y]. The van der Waals surface area contributed by atoms with E-state index in [1.165, 1.54) is 0 Å². The summed E-state index contributed by atoms with van der Waals surface area (Å²) in [5.41, 5.74) is 4.91. The monoisotopic (exact) mass is 277 g/mol. The van der Waals surface area contributed by atoms with E-state index >= 15 is 0 Å². The molecule has 0 saturated carbocycles. The Hall–Kier alpha value is 0.494. The van der Waals surface area contributed by atoms with Gasteiger partial charge < -0.3 is 22.5 Å². The van der Waals surface area contributed by atoms with Crippen molar-refractivity contribution in [2.45, 2.75) is 44.9 Å². The Morgan fingerprint density at radius 1 is 1.57 bits per heavy atom. The van der Waals surface area contributed by atoms with Crippen molar-refractivity contribution in [1.29, 1.82) is 0 Å². The molecule has 0 spiro atoms. The Kier molecular flexibility index (Phi) is 8.31. The fourth-order valence-corrected chi connectivity index (χ4v) is 0.712. The summed E-state index contributed by atoms with van der Waals surface area (Å²) in [7, 11) is 0. The number of hydrogen-bond donors (Lipinski definition) is 2. The van der Waals surface area contributed by atoms with Crippen LogP contribution in [0.4, 0.5) is 0 Å². The second-order valence-electron chi connectivity index (χ2n) is 4.02. The molecule has 0 aliphatic rings. The van der Waals surface area contributed by atoms with Crippen LogP contribution in [-0.4, -0.2) is 28.8 Å². The van der Waals surface area contributed by atoms with Gasteiger partial charge in [-0.25, -0.2) is 0 Å². The molecule has 1 radical (unpaired) electrons. The van der Waals surface area contributed by atoms with Gasteiger partial charge in [0.25, 0.3) is 0 Å². The zero-order valence-electron chi connectivity index (χ0n) is 8.99. The normalized spacial score (nSPS) is 15.3. The predicted octanol–water partition coefficient (Wildman–Crippen LogP) is 0.238. The summed E-state index contributed by atoms with van der Waals surface area (Å²) in [5, 5.41) is 8.92. The van der Waals surface area contributed by atoms with Gasteiger partial charge >= 0.3 is 5.97 Å². The zero-order chi connectivity index (χ0) is 10.6. The first-order valence-corrected chi connectivity index (χ1v) is 4.21. The van der Waals surface area contributed by atoms with Gasteiger partial charge in [-0.2, -0.15) is 0 Å².